The Morgan fingerprint density at radius 3 is 2.96 bits per heavy atom. The molecule has 0 bridgehead atoms. The molecule has 2 heterocycles. The van der Waals surface area contributed by atoms with Crippen molar-refractivity contribution in [3.63, 3.8) is 0 Å². The van der Waals surface area contributed by atoms with E-state index < -0.39 is 0 Å². The van der Waals surface area contributed by atoms with E-state index >= 15 is 0 Å². The number of hydrogen-bond acceptors (Lipinski definition) is 5. The molecule has 0 amide bonds. The van der Waals surface area contributed by atoms with Crippen molar-refractivity contribution in [3.8, 4) is 11.5 Å². The Morgan fingerprint density at radius 1 is 1.26 bits per heavy atom. The Morgan fingerprint density at radius 2 is 2.22 bits per heavy atom. The molecule has 5 heteroatoms. The molecular weight excluding hydrogens is 310 g/mol. The van der Waals surface area contributed by atoms with E-state index in [1.807, 2.05) is 12.1 Å². The van der Waals surface area contributed by atoms with Crippen LogP contribution in [0.1, 0.15) is 23.3 Å². The fourth-order valence-corrected chi connectivity index (χ4v) is 3.32. The largest absolute Gasteiger partial charge is 0.493 e. The molecule has 1 aliphatic heterocycles. The van der Waals surface area contributed by atoms with Crippen LogP contribution in [0.25, 0.3) is 0 Å². The van der Waals surface area contributed by atoms with Crippen molar-refractivity contribution in [2.24, 2.45) is 0 Å². The highest BCUT2D eigenvalue weighted by Crippen LogP contribution is 2.29. The van der Waals surface area contributed by atoms with Crippen LogP contribution in [0.15, 0.2) is 35.7 Å². The summed E-state index contributed by atoms with van der Waals surface area (Å²) in [6, 6.07) is 10.3. The lowest BCUT2D eigenvalue weighted by Gasteiger charge is -2.15. The first-order valence-corrected chi connectivity index (χ1v) is 8.87. The zero-order valence-electron chi connectivity index (χ0n) is 13.4. The number of rotatable bonds is 8. The number of hydrogen-bond donors (Lipinski definition) is 1. The molecule has 1 saturated heterocycles. The van der Waals surface area contributed by atoms with Gasteiger partial charge in [-0.05, 0) is 42.0 Å². The summed E-state index contributed by atoms with van der Waals surface area (Å²) in [5.41, 5.74) is 1.18. The standard InChI is InChI=1S/C18H23NO3S/c1-20-18-10-14(11-19-12-16-5-3-9-23-16)6-7-17(18)22-13-15-4-2-8-21-15/h3,5-7,9-10,15,19H,2,4,8,11-13H2,1H3. The summed E-state index contributed by atoms with van der Waals surface area (Å²) in [6.45, 7) is 3.13. The maximum atomic E-state index is 5.86. The van der Waals surface area contributed by atoms with Gasteiger partial charge in [0.2, 0.25) is 0 Å². The molecule has 124 valence electrons. The van der Waals surface area contributed by atoms with Crippen LogP contribution < -0.4 is 14.8 Å². The van der Waals surface area contributed by atoms with Crippen molar-refractivity contribution >= 4 is 11.3 Å². The Bertz CT molecular complexity index is 594. The van der Waals surface area contributed by atoms with E-state index in [1.54, 1.807) is 18.4 Å². The average molecular weight is 333 g/mol. The van der Waals surface area contributed by atoms with E-state index in [0.717, 1.165) is 44.0 Å². The van der Waals surface area contributed by atoms with Crippen molar-refractivity contribution in [2.75, 3.05) is 20.3 Å². The maximum Gasteiger partial charge on any atom is 0.161 e. The molecule has 0 saturated carbocycles. The van der Waals surface area contributed by atoms with Gasteiger partial charge in [-0.2, -0.15) is 0 Å². The molecule has 1 N–H and O–H groups in total. The third-order valence-electron chi connectivity index (χ3n) is 3.89. The molecule has 0 aliphatic carbocycles. The van der Waals surface area contributed by atoms with E-state index in [0.29, 0.717) is 6.61 Å². The van der Waals surface area contributed by atoms with Gasteiger partial charge < -0.3 is 19.5 Å². The van der Waals surface area contributed by atoms with Gasteiger partial charge in [0.15, 0.2) is 11.5 Å². The summed E-state index contributed by atoms with van der Waals surface area (Å²) in [5, 5.41) is 5.54. The Kier molecular flexibility index (Phi) is 5.91. The van der Waals surface area contributed by atoms with Gasteiger partial charge >= 0.3 is 0 Å². The third-order valence-corrected chi connectivity index (χ3v) is 4.76. The fraction of sp³-hybridized carbons (Fsp3) is 0.444. The van der Waals surface area contributed by atoms with Gasteiger partial charge in [0.25, 0.3) is 0 Å². The predicted molar refractivity (Wildman–Crippen MR) is 92.3 cm³/mol. The first kappa shape index (κ1) is 16.3. The third kappa shape index (κ3) is 4.70. The number of thiophene rings is 1. The molecule has 1 aromatic carbocycles. The molecule has 1 fully saturated rings. The quantitative estimate of drug-likeness (QED) is 0.801. The van der Waals surface area contributed by atoms with E-state index in [2.05, 4.69) is 28.9 Å². The molecule has 0 spiro atoms. The van der Waals surface area contributed by atoms with Crippen LogP contribution >= 0.6 is 11.3 Å². The van der Waals surface area contributed by atoms with Crippen molar-refractivity contribution in [2.45, 2.75) is 32.0 Å². The lowest BCUT2D eigenvalue weighted by Crippen LogP contribution is -2.16. The highest BCUT2D eigenvalue weighted by Gasteiger charge is 2.17. The summed E-state index contributed by atoms with van der Waals surface area (Å²) in [5.74, 6) is 1.56. The topological polar surface area (TPSA) is 39.7 Å². The predicted octanol–water partition coefficient (Wildman–Crippen LogP) is 3.60. The van der Waals surface area contributed by atoms with Gasteiger partial charge in [0.05, 0.1) is 13.2 Å². The van der Waals surface area contributed by atoms with Gasteiger partial charge in [-0.25, -0.2) is 0 Å². The van der Waals surface area contributed by atoms with Gasteiger partial charge in [-0.15, -0.1) is 11.3 Å². The van der Waals surface area contributed by atoms with Crippen LogP contribution in [-0.2, 0) is 17.8 Å². The maximum absolute atomic E-state index is 5.86. The average Bonchev–Trinajstić information content (AvgIpc) is 3.27. The molecule has 1 aromatic heterocycles. The molecule has 4 nitrogen and oxygen atoms in total. The minimum atomic E-state index is 0.215. The number of nitrogens with one attached hydrogen (secondary N) is 1. The first-order valence-electron chi connectivity index (χ1n) is 7.99. The molecule has 1 atom stereocenters. The van der Waals surface area contributed by atoms with Crippen molar-refractivity contribution in [1.82, 2.24) is 5.32 Å². The summed E-state index contributed by atoms with van der Waals surface area (Å²) < 4.78 is 16.9. The fourth-order valence-electron chi connectivity index (χ4n) is 2.64. The Labute approximate surface area is 141 Å². The summed E-state index contributed by atoms with van der Waals surface area (Å²) >= 11 is 1.77. The molecule has 1 aliphatic rings. The number of benzene rings is 1. The smallest absolute Gasteiger partial charge is 0.161 e. The van der Waals surface area contributed by atoms with E-state index in [1.165, 1.54) is 10.4 Å². The van der Waals surface area contributed by atoms with E-state index in [9.17, 15) is 0 Å². The zero-order valence-corrected chi connectivity index (χ0v) is 14.2. The van der Waals surface area contributed by atoms with Gasteiger partial charge in [0.1, 0.15) is 6.61 Å². The van der Waals surface area contributed by atoms with Crippen molar-refractivity contribution in [3.05, 3.63) is 46.2 Å². The Balaban J connectivity index is 1.53. The zero-order chi connectivity index (χ0) is 15.9. The molecule has 2 aromatic rings. The van der Waals surface area contributed by atoms with Crippen LogP contribution in [-0.4, -0.2) is 26.4 Å². The molecule has 1 unspecified atom stereocenters. The first-order chi connectivity index (χ1) is 11.3. The molecule has 23 heavy (non-hydrogen) atoms. The van der Waals surface area contributed by atoms with Gasteiger partial charge in [-0.1, -0.05) is 12.1 Å². The molecule has 3 rings (SSSR count). The van der Waals surface area contributed by atoms with Gasteiger partial charge in [0, 0.05) is 24.6 Å². The second-order valence-corrected chi connectivity index (χ2v) is 6.65. The van der Waals surface area contributed by atoms with E-state index in [4.69, 9.17) is 14.2 Å². The second kappa shape index (κ2) is 8.34. The van der Waals surface area contributed by atoms with Crippen LogP contribution in [0.2, 0.25) is 0 Å². The molecular formula is C18H23NO3S. The lowest BCUT2D eigenvalue weighted by molar-refractivity contribution is 0.0669. The van der Waals surface area contributed by atoms with Crippen LogP contribution in [0, 0.1) is 0 Å². The minimum Gasteiger partial charge on any atom is -0.493 e. The summed E-state index contributed by atoms with van der Waals surface area (Å²) in [7, 11) is 1.68. The van der Waals surface area contributed by atoms with Crippen LogP contribution in [0.4, 0.5) is 0 Å². The number of methoxy groups -OCH3 is 1. The van der Waals surface area contributed by atoms with Gasteiger partial charge in [-0.3, -0.25) is 0 Å². The molecule has 0 radical (unpaired) electrons. The SMILES string of the molecule is COc1cc(CNCc2cccs2)ccc1OCC1CCCO1. The normalized spacial score (nSPS) is 17.3. The minimum absolute atomic E-state index is 0.215. The Hall–Kier alpha value is -1.56. The van der Waals surface area contributed by atoms with Crippen LogP contribution in [0.3, 0.4) is 0 Å². The second-order valence-electron chi connectivity index (χ2n) is 5.61. The monoisotopic (exact) mass is 333 g/mol. The van der Waals surface area contributed by atoms with E-state index in [-0.39, 0.29) is 6.10 Å². The summed E-state index contributed by atoms with van der Waals surface area (Å²) in [4.78, 5) is 1.34. The number of ether oxygens (including phenoxy) is 3. The highest BCUT2D eigenvalue weighted by atomic mass is 32.1. The lowest BCUT2D eigenvalue weighted by atomic mass is 10.2. The summed E-state index contributed by atoms with van der Waals surface area (Å²) in [6.07, 6.45) is 2.42. The van der Waals surface area contributed by atoms with Crippen LogP contribution in [0.5, 0.6) is 11.5 Å². The van der Waals surface area contributed by atoms with Crippen molar-refractivity contribution < 1.29 is 14.2 Å². The highest BCUT2D eigenvalue weighted by molar-refractivity contribution is 7.09. The van der Waals surface area contributed by atoms with Crippen molar-refractivity contribution in [1.29, 1.82) is 0 Å².